The number of hydrogen-bond donors (Lipinski definition) is 0. The summed E-state index contributed by atoms with van der Waals surface area (Å²) in [6, 6.07) is 6.70. The van der Waals surface area contributed by atoms with Crippen LogP contribution in [0, 0.1) is 5.92 Å². The fraction of sp³-hybridized carbons (Fsp3) is 0.429. The van der Waals surface area contributed by atoms with E-state index in [2.05, 4.69) is 4.74 Å². The van der Waals surface area contributed by atoms with Crippen molar-refractivity contribution in [3.63, 3.8) is 0 Å². The molecule has 0 atom stereocenters. The fourth-order valence-corrected chi connectivity index (χ4v) is 1.30. The maximum absolute atomic E-state index is 11.8. The molecule has 0 N–H and O–H groups in total. The molecule has 17 heavy (non-hydrogen) atoms. The third-order valence-electron chi connectivity index (χ3n) is 2.12. The van der Waals surface area contributed by atoms with Crippen molar-refractivity contribution in [3.05, 3.63) is 35.4 Å². The Labute approximate surface area is 103 Å². The highest BCUT2D eigenvalue weighted by Crippen LogP contribution is 2.14. The molecule has 1 rings (SSSR count). The second kappa shape index (κ2) is 7.60. The zero-order chi connectivity index (χ0) is 13.4. The van der Waals surface area contributed by atoms with Crippen LogP contribution in [0.15, 0.2) is 24.3 Å². The molecule has 0 fully saturated rings. The number of ether oxygens (including phenoxy) is 1. The highest BCUT2D eigenvalue weighted by molar-refractivity contribution is 6.06. The van der Waals surface area contributed by atoms with Crippen molar-refractivity contribution in [1.29, 1.82) is 0 Å². The number of carbonyl (C=O) groups excluding carboxylic acids is 2. The van der Waals surface area contributed by atoms with Gasteiger partial charge >= 0.3 is 5.97 Å². The molecular formula is C14H20O3. The molecular weight excluding hydrogens is 216 g/mol. The lowest BCUT2D eigenvalue weighted by Gasteiger charge is -2.08. The average Bonchev–Trinajstić information content (AvgIpc) is 2.39. The Morgan fingerprint density at radius 1 is 1.06 bits per heavy atom. The maximum Gasteiger partial charge on any atom is 0.338 e. The second-order valence-electron chi connectivity index (χ2n) is 3.56. The highest BCUT2D eigenvalue weighted by atomic mass is 16.5. The molecule has 0 amide bonds. The molecule has 3 nitrogen and oxygen atoms in total. The lowest BCUT2D eigenvalue weighted by molar-refractivity contribution is 0.0596. The van der Waals surface area contributed by atoms with Gasteiger partial charge in [0.15, 0.2) is 5.78 Å². The Kier molecular flexibility index (Phi) is 6.87. The average molecular weight is 236 g/mol. The summed E-state index contributed by atoms with van der Waals surface area (Å²) in [5, 5.41) is 0. The first kappa shape index (κ1) is 15.4. The molecule has 0 aromatic heterocycles. The smallest absolute Gasteiger partial charge is 0.338 e. The van der Waals surface area contributed by atoms with Crippen LogP contribution in [0.1, 0.15) is 48.4 Å². The Bertz CT molecular complexity index is 381. The number of Topliss-reactive ketones (excluding diaryl/α,β-unsaturated/α-hetero) is 1. The zero-order valence-corrected chi connectivity index (χ0v) is 11.1. The van der Waals surface area contributed by atoms with E-state index in [1.807, 2.05) is 13.8 Å². The van der Waals surface area contributed by atoms with Gasteiger partial charge in [-0.1, -0.05) is 45.9 Å². The van der Waals surface area contributed by atoms with E-state index in [9.17, 15) is 9.59 Å². The van der Waals surface area contributed by atoms with Crippen molar-refractivity contribution in [1.82, 2.24) is 0 Å². The third kappa shape index (κ3) is 4.02. The third-order valence-corrected chi connectivity index (χ3v) is 2.12. The Morgan fingerprint density at radius 3 is 1.94 bits per heavy atom. The predicted molar refractivity (Wildman–Crippen MR) is 68.3 cm³/mol. The lowest BCUT2D eigenvalue weighted by Crippen LogP contribution is -2.14. The molecule has 1 aromatic rings. The van der Waals surface area contributed by atoms with Crippen LogP contribution in [0.5, 0.6) is 0 Å². The van der Waals surface area contributed by atoms with Crippen LogP contribution in [0.2, 0.25) is 0 Å². The second-order valence-corrected chi connectivity index (χ2v) is 3.56. The van der Waals surface area contributed by atoms with Crippen LogP contribution in [-0.2, 0) is 4.74 Å². The summed E-state index contributed by atoms with van der Waals surface area (Å²) in [6.45, 7) is 7.60. The molecule has 0 heterocycles. The van der Waals surface area contributed by atoms with Gasteiger partial charge in [0.25, 0.3) is 0 Å². The summed E-state index contributed by atoms with van der Waals surface area (Å²) in [5.41, 5.74) is 0.762. The number of hydrogen-bond acceptors (Lipinski definition) is 3. The Hall–Kier alpha value is -1.64. The van der Waals surface area contributed by atoms with E-state index >= 15 is 0 Å². The van der Waals surface area contributed by atoms with E-state index in [1.165, 1.54) is 7.11 Å². The van der Waals surface area contributed by atoms with Gasteiger partial charge in [-0.15, -0.1) is 0 Å². The number of ketones is 1. The Balaban J connectivity index is 0.00000121. The molecule has 0 spiro atoms. The summed E-state index contributed by atoms with van der Waals surface area (Å²) < 4.78 is 4.62. The normalized spacial score (nSPS) is 9.29. The van der Waals surface area contributed by atoms with E-state index < -0.39 is 5.97 Å². The van der Waals surface area contributed by atoms with E-state index in [-0.39, 0.29) is 11.7 Å². The van der Waals surface area contributed by atoms with Crippen molar-refractivity contribution < 1.29 is 14.3 Å². The van der Waals surface area contributed by atoms with Crippen LogP contribution in [0.3, 0.4) is 0 Å². The minimum Gasteiger partial charge on any atom is -0.465 e. The molecule has 0 aliphatic heterocycles. The number of rotatable bonds is 3. The van der Waals surface area contributed by atoms with E-state index in [0.29, 0.717) is 11.1 Å². The largest absolute Gasteiger partial charge is 0.465 e. The van der Waals surface area contributed by atoms with Crippen LogP contribution in [-0.4, -0.2) is 18.9 Å². The molecule has 0 unspecified atom stereocenters. The number of benzene rings is 1. The van der Waals surface area contributed by atoms with Crippen molar-refractivity contribution in [3.8, 4) is 0 Å². The zero-order valence-electron chi connectivity index (χ0n) is 11.1. The van der Waals surface area contributed by atoms with Gasteiger partial charge in [0.1, 0.15) is 0 Å². The standard InChI is InChI=1S/C12H14O3.C2H6/c1-8(2)11(13)9-6-4-5-7-10(9)12(14)15-3;1-2/h4-8H,1-3H3;1-2H3. The summed E-state index contributed by atoms with van der Waals surface area (Å²) >= 11 is 0. The molecule has 0 radical (unpaired) electrons. The van der Waals surface area contributed by atoms with Crippen molar-refractivity contribution in [2.75, 3.05) is 7.11 Å². The molecule has 0 saturated carbocycles. The van der Waals surface area contributed by atoms with Gasteiger partial charge < -0.3 is 4.74 Å². The summed E-state index contributed by atoms with van der Waals surface area (Å²) in [4.78, 5) is 23.2. The fourth-order valence-electron chi connectivity index (χ4n) is 1.30. The molecule has 0 aliphatic carbocycles. The summed E-state index contributed by atoms with van der Waals surface area (Å²) in [7, 11) is 1.30. The summed E-state index contributed by atoms with van der Waals surface area (Å²) in [5.74, 6) is -0.647. The molecule has 0 saturated heterocycles. The number of carbonyl (C=O) groups is 2. The van der Waals surface area contributed by atoms with Crippen molar-refractivity contribution >= 4 is 11.8 Å². The topological polar surface area (TPSA) is 43.4 Å². The minimum atomic E-state index is -0.473. The Morgan fingerprint density at radius 2 is 1.53 bits per heavy atom. The predicted octanol–water partition coefficient (Wildman–Crippen LogP) is 3.34. The quantitative estimate of drug-likeness (QED) is 0.597. The maximum atomic E-state index is 11.8. The van der Waals surface area contributed by atoms with Crippen LogP contribution < -0.4 is 0 Å². The van der Waals surface area contributed by atoms with E-state index in [1.54, 1.807) is 38.1 Å². The molecule has 0 bridgehead atoms. The van der Waals surface area contributed by atoms with Gasteiger partial charge in [-0.2, -0.15) is 0 Å². The minimum absolute atomic E-state index is 0.0454. The van der Waals surface area contributed by atoms with Crippen molar-refractivity contribution in [2.45, 2.75) is 27.7 Å². The van der Waals surface area contributed by atoms with Crippen LogP contribution in [0.4, 0.5) is 0 Å². The van der Waals surface area contributed by atoms with Gasteiger partial charge in [-0.3, -0.25) is 4.79 Å². The van der Waals surface area contributed by atoms with E-state index in [0.717, 1.165) is 0 Å². The number of methoxy groups -OCH3 is 1. The monoisotopic (exact) mass is 236 g/mol. The van der Waals surface area contributed by atoms with Gasteiger partial charge in [-0.05, 0) is 6.07 Å². The van der Waals surface area contributed by atoms with Crippen LogP contribution in [0.25, 0.3) is 0 Å². The van der Waals surface area contributed by atoms with Gasteiger partial charge in [0.2, 0.25) is 0 Å². The molecule has 1 aromatic carbocycles. The van der Waals surface area contributed by atoms with Gasteiger partial charge in [-0.25, -0.2) is 4.79 Å². The summed E-state index contributed by atoms with van der Waals surface area (Å²) in [6.07, 6.45) is 0. The molecule has 3 heteroatoms. The van der Waals surface area contributed by atoms with E-state index in [4.69, 9.17) is 0 Å². The SMILES string of the molecule is CC.COC(=O)c1ccccc1C(=O)C(C)C. The first-order valence-electron chi connectivity index (χ1n) is 5.79. The van der Waals surface area contributed by atoms with Gasteiger partial charge in [0, 0.05) is 11.5 Å². The first-order chi connectivity index (χ1) is 8.07. The lowest BCUT2D eigenvalue weighted by atomic mass is 9.96. The molecule has 94 valence electrons. The molecule has 0 aliphatic rings. The van der Waals surface area contributed by atoms with Crippen LogP contribution >= 0.6 is 0 Å². The number of esters is 1. The first-order valence-corrected chi connectivity index (χ1v) is 5.79. The van der Waals surface area contributed by atoms with Gasteiger partial charge in [0.05, 0.1) is 12.7 Å². The highest BCUT2D eigenvalue weighted by Gasteiger charge is 2.18. The van der Waals surface area contributed by atoms with Crippen molar-refractivity contribution in [2.24, 2.45) is 5.92 Å².